The van der Waals surface area contributed by atoms with Gasteiger partial charge in [-0.15, -0.1) is 0 Å². The van der Waals surface area contributed by atoms with E-state index < -0.39 is 0 Å². The molecule has 0 spiro atoms. The van der Waals surface area contributed by atoms with Crippen molar-refractivity contribution in [3.8, 4) is 0 Å². The minimum absolute atomic E-state index is 0.497. The molecule has 1 unspecified atom stereocenters. The fourth-order valence-corrected chi connectivity index (χ4v) is 2.81. The van der Waals surface area contributed by atoms with E-state index in [0.29, 0.717) is 12.0 Å². The summed E-state index contributed by atoms with van der Waals surface area (Å²) in [5.74, 6) is 0.568. The van der Waals surface area contributed by atoms with Crippen LogP contribution >= 0.6 is 0 Å². The van der Waals surface area contributed by atoms with Crippen molar-refractivity contribution >= 4 is 0 Å². The van der Waals surface area contributed by atoms with Gasteiger partial charge in [-0.2, -0.15) is 0 Å². The number of rotatable bonds is 6. The summed E-state index contributed by atoms with van der Waals surface area (Å²) in [6.45, 7) is 4.05. The fraction of sp³-hybridized carbons (Fsp3) is 0.647. The number of hydrogen-bond donors (Lipinski definition) is 1. The van der Waals surface area contributed by atoms with Gasteiger partial charge in [-0.3, -0.25) is 0 Å². The van der Waals surface area contributed by atoms with Gasteiger partial charge in [-0.1, -0.05) is 50.5 Å². The van der Waals surface area contributed by atoms with E-state index in [2.05, 4.69) is 36.5 Å². The van der Waals surface area contributed by atoms with Crippen molar-refractivity contribution in [1.29, 1.82) is 0 Å². The Hall–Kier alpha value is -0.860. The summed E-state index contributed by atoms with van der Waals surface area (Å²) in [5.41, 5.74) is 2.70. The average molecular weight is 261 g/mol. The zero-order chi connectivity index (χ0) is 13.5. The van der Waals surface area contributed by atoms with Crippen molar-refractivity contribution in [1.82, 2.24) is 5.32 Å². The van der Waals surface area contributed by atoms with Gasteiger partial charge in [-0.25, -0.2) is 0 Å². The van der Waals surface area contributed by atoms with Crippen LogP contribution in [0.4, 0.5) is 0 Å². The Bertz CT molecular complexity index is 354. The molecule has 1 aliphatic carbocycles. The summed E-state index contributed by atoms with van der Waals surface area (Å²) in [6, 6.07) is 8.90. The average Bonchev–Trinajstić information content (AvgIpc) is 2.47. The van der Waals surface area contributed by atoms with Gasteiger partial charge in [0.2, 0.25) is 0 Å². The van der Waals surface area contributed by atoms with Gasteiger partial charge in [-0.05, 0) is 36.9 Å². The Kier molecular flexibility index (Phi) is 5.87. The Labute approximate surface area is 117 Å². The molecule has 1 fully saturated rings. The van der Waals surface area contributed by atoms with Crippen molar-refractivity contribution < 1.29 is 4.74 Å². The molecule has 2 heteroatoms. The molecule has 19 heavy (non-hydrogen) atoms. The van der Waals surface area contributed by atoms with Crippen LogP contribution in [-0.2, 0) is 11.3 Å². The lowest BCUT2D eigenvalue weighted by atomic mass is 9.97. The molecule has 1 aliphatic rings. The smallest absolute Gasteiger partial charge is 0.0720 e. The summed E-state index contributed by atoms with van der Waals surface area (Å²) in [5, 5.41) is 3.22. The molecule has 0 bridgehead atoms. The monoisotopic (exact) mass is 261 g/mol. The third kappa shape index (κ3) is 4.63. The summed E-state index contributed by atoms with van der Waals surface area (Å²) in [4.78, 5) is 0. The highest BCUT2D eigenvalue weighted by Crippen LogP contribution is 2.22. The van der Waals surface area contributed by atoms with E-state index >= 15 is 0 Å². The fourth-order valence-electron chi connectivity index (χ4n) is 2.81. The summed E-state index contributed by atoms with van der Waals surface area (Å²) < 4.78 is 6.00. The number of hydrogen-bond acceptors (Lipinski definition) is 2. The lowest BCUT2D eigenvalue weighted by Crippen LogP contribution is -2.16. The minimum atomic E-state index is 0.497. The lowest BCUT2D eigenvalue weighted by Gasteiger charge is -2.22. The van der Waals surface area contributed by atoms with Gasteiger partial charge in [0.1, 0.15) is 0 Å². The molecule has 1 saturated carbocycles. The zero-order valence-corrected chi connectivity index (χ0v) is 12.3. The predicted molar refractivity (Wildman–Crippen MR) is 80.4 cm³/mol. The van der Waals surface area contributed by atoms with E-state index in [-0.39, 0.29) is 0 Å². The summed E-state index contributed by atoms with van der Waals surface area (Å²) in [7, 11) is 2.00. The largest absolute Gasteiger partial charge is 0.374 e. The minimum Gasteiger partial charge on any atom is -0.374 e. The third-order valence-corrected chi connectivity index (χ3v) is 4.10. The molecule has 0 amide bonds. The van der Waals surface area contributed by atoms with E-state index in [1.165, 1.54) is 43.2 Å². The molecule has 2 rings (SSSR count). The van der Waals surface area contributed by atoms with Crippen LogP contribution < -0.4 is 5.32 Å². The van der Waals surface area contributed by atoms with Crippen LogP contribution in [0.3, 0.4) is 0 Å². The SMILES string of the molecule is CNCC(C)c1ccc(COC2CCCCC2)cc1. The second-order valence-corrected chi connectivity index (χ2v) is 5.77. The van der Waals surface area contributed by atoms with Crippen molar-refractivity contribution in [2.75, 3.05) is 13.6 Å². The molecule has 1 N–H and O–H groups in total. The Morgan fingerprint density at radius 2 is 1.84 bits per heavy atom. The topological polar surface area (TPSA) is 21.3 Å². The number of ether oxygens (including phenoxy) is 1. The van der Waals surface area contributed by atoms with Crippen molar-refractivity contribution in [2.45, 2.75) is 57.7 Å². The normalized spacial score (nSPS) is 18.4. The second kappa shape index (κ2) is 7.66. The molecule has 1 aromatic rings. The van der Waals surface area contributed by atoms with Crippen LogP contribution in [0.25, 0.3) is 0 Å². The van der Waals surface area contributed by atoms with Gasteiger partial charge in [0, 0.05) is 6.54 Å². The number of nitrogens with one attached hydrogen (secondary N) is 1. The Morgan fingerprint density at radius 3 is 2.47 bits per heavy atom. The van der Waals surface area contributed by atoms with Crippen LogP contribution in [0.1, 0.15) is 56.1 Å². The first-order valence-corrected chi connectivity index (χ1v) is 7.64. The zero-order valence-electron chi connectivity index (χ0n) is 12.3. The molecule has 0 aromatic heterocycles. The van der Waals surface area contributed by atoms with E-state index in [1.807, 2.05) is 7.05 Å². The first-order valence-electron chi connectivity index (χ1n) is 7.64. The van der Waals surface area contributed by atoms with Gasteiger partial charge in [0.05, 0.1) is 12.7 Å². The molecular weight excluding hydrogens is 234 g/mol. The molecule has 0 saturated heterocycles. The third-order valence-electron chi connectivity index (χ3n) is 4.10. The first-order chi connectivity index (χ1) is 9.29. The number of benzene rings is 1. The van der Waals surface area contributed by atoms with E-state index in [0.717, 1.165) is 13.2 Å². The van der Waals surface area contributed by atoms with E-state index in [9.17, 15) is 0 Å². The summed E-state index contributed by atoms with van der Waals surface area (Å²) in [6.07, 6.45) is 7.06. The van der Waals surface area contributed by atoms with Crippen molar-refractivity contribution in [3.05, 3.63) is 35.4 Å². The quantitative estimate of drug-likeness (QED) is 0.839. The molecule has 0 aliphatic heterocycles. The lowest BCUT2D eigenvalue weighted by molar-refractivity contribution is 0.0168. The van der Waals surface area contributed by atoms with Crippen LogP contribution in [0.5, 0.6) is 0 Å². The maximum absolute atomic E-state index is 6.00. The molecule has 106 valence electrons. The molecule has 0 heterocycles. The van der Waals surface area contributed by atoms with Gasteiger partial charge in [0.15, 0.2) is 0 Å². The standard InChI is InChI=1S/C17H27NO/c1-14(12-18-2)16-10-8-15(9-11-16)13-19-17-6-4-3-5-7-17/h8-11,14,17-18H,3-7,12-13H2,1-2H3. The maximum Gasteiger partial charge on any atom is 0.0720 e. The molecule has 0 radical (unpaired) electrons. The van der Waals surface area contributed by atoms with Gasteiger partial charge >= 0.3 is 0 Å². The van der Waals surface area contributed by atoms with Crippen LogP contribution in [0.2, 0.25) is 0 Å². The second-order valence-electron chi connectivity index (χ2n) is 5.77. The highest BCUT2D eigenvalue weighted by atomic mass is 16.5. The Morgan fingerprint density at radius 1 is 1.16 bits per heavy atom. The van der Waals surface area contributed by atoms with E-state index in [4.69, 9.17) is 4.74 Å². The molecule has 1 aromatic carbocycles. The van der Waals surface area contributed by atoms with Crippen LogP contribution in [-0.4, -0.2) is 19.7 Å². The van der Waals surface area contributed by atoms with Gasteiger partial charge in [0.25, 0.3) is 0 Å². The highest BCUT2D eigenvalue weighted by Gasteiger charge is 2.13. The molecule has 1 atom stereocenters. The van der Waals surface area contributed by atoms with Gasteiger partial charge < -0.3 is 10.1 Å². The van der Waals surface area contributed by atoms with Crippen LogP contribution in [0.15, 0.2) is 24.3 Å². The van der Waals surface area contributed by atoms with Crippen molar-refractivity contribution in [2.24, 2.45) is 0 Å². The molecular formula is C17H27NO. The van der Waals surface area contributed by atoms with Crippen molar-refractivity contribution in [3.63, 3.8) is 0 Å². The Balaban J connectivity index is 1.81. The summed E-state index contributed by atoms with van der Waals surface area (Å²) >= 11 is 0. The first kappa shape index (κ1) is 14.5. The predicted octanol–water partition coefficient (Wildman–Crippen LogP) is 3.86. The maximum atomic E-state index is 6.00. The number of likely N-dealkylation sites (N-methyl/N-ethyl adjacent to an activating group) is 1. The highest BCUT2D eigenvalue weighted by molar-refractivity contribution is 5.24. The van der Waals surface area contributed by atoms with E-state index in [1.54, 1.807) is 0 Å². The molecule has 2 nitrogen and oxygen atoms in total. The van der Waals surface area contributed by atoms with Crippen LogP contribution in [0, 0.1) is 0 Å².